The number of aromatic nitrogens is 5. The van der Waals surface area contributed by atoms with Crippen molar-refractivity contribution in [3.8, 4) is 11.5 Å². The van der Waals surface area contributed by atoms with E-state index in [1.54, 1.807) is 31.0 Å². The second-order valence-electron chi connectivity index (χ2n) is 11.6. The predicted octanol–water partition coefficient (Wildman–Crippen LogP) is 5.57. The molecule has 5 aromatic rings. The van der Waals surface area contributed by atoms with E-state index in [2.05, 4.69) is 25.4 Å². The fourth-order valence-corrected chi connectivity index (χ4v) is 5.40. The van der Waals surface area contributed by atoms with Gasteiger partial charge >= 0.3 is 0 Å². The van der Waals surface area contributed by atoms with E-state index in [-0.39, 0.29) is 17.9 Å². The van der Waals surface area contributed by atoms with E-state index in [0.29, 0.717) is 41.4 Å². The number of hydrogen-bond acceptors (Lipinski definition) is 7. The van der Waals surface area contributed by atoms with Crippen LogP contribution < -0.4 is 15.0 Å². The summed E-state index contributed by atoms with van der Waals surface area (Å²) in [5, 5.41) is 13.7. The van der Waals surface area contributed by atoms with Gasteiger partial charge in [0.15, 0.2) is 17.3 Å². The molecule has 0 saturated heterocycles. The second-order valence-corrected chi connectivity index (χ2v) is 11.6. The standard InChI is InChI=1S/C33H37FN6O3/c1-21-10-9-12-23-19-25(32(41)35-29(21)23)30(31-36-37-38-40(31)33(2,3)4)39(20-24-11-7-8-13-26(24)34)17-16-22-14-15-27(42-5)28(18-22)43-6/h7-15,18-19,30H,16-17,20H2,1-6H3,(H,35,41)/t30-/m0/s1. The van der Waals surface area contributed by atoms with Crippen molar-refractivity contribution in [2.45, 2.75) is 52.2 Å². The Morgan fingerprint density at radius 1 is 1.00 bits per heavy atom. The van der Waals surface area contributed by atoms with Crippen molar-refractivity contribution in [1.82, 2.24) is 30.1 Å². The molecule has 9 nitrogen and oxygen atoms in total. The summed E-state index contributed by atoms with van der Waals surface area (Å²) in [6.07, 6.45) is 0.576. The molecule has 0 radical (unpaired) electrons. The molecule has 2 heterocycles. The second kappa shape index (κ2) is 12.3. The highest BCUT2D eigenvalue weighted by Crippen LogP contribution is 2.33. The normalized spacial score (nSPS) is 12.6. The Hall–Kier alpha value is -4.57. The van der Waals surface area contributed by atoms with E-state index in [0.717, 1.165) is 22.0 Å². The third-order valence-corrected chi connectivity index (χ3v) is 7.62. The predicted molar refractivity (Wildman–Crippen MR) is 164 cm³/mol. The van der Waals surface area contributed by atoms with Crippen LogP contribution in [0, 0.1) is 12.7 Å². The van der Waals surface area contributed by atoms with Crippen molar-refractivity contribution in [3.63, 3.8) is 0 Å². The van der Waals surface area contributed by atoms with Crippen molar-refractivity contribution >= 4 is 10.9 Å². The third-order valence-electron chi connectivity index (χ3n) is 7.62. The first-order chi connectivity index (χ1) is 20.6. The van der Waals surface area contributed by atoms with Gasteiger partial charge in [-0.2, -0.15) is 0 Å². The molecule has 0 amide bonds. The van der Waals surface area contributed by atoms with Gasteiger partial charge in [-0.3, -0.25) is 9.69 Å². The molecule has 10 heteroatoms. The first-order valence-corrected chi connectivity index (χ1v) is 14.2. The zero-order valence-electron chi connectivity index (χ0n) is 25.4. The number of ether oxygens (including phenoxy) is 2. The SMILES string of the molecule is COc1ccc(CCN(Cc2ccccc2F)[C@@H](c2cc3cccc(C)c3[nH]c2=O)c2nnnn2C(C)(C)C)cc1OC. The number of methoxy groups -OCH3 is 2. The van der Waals surface area contributed by atoms with Crippen LogP contribution in [-0.2, 0) is 18.5 Å². The van der Waals surface area contributed by atoms with Gasteiger partial charge in [0, 0.05) is 24.2 Å². The van der Waals surface area contributed by atoms with Crippen LogP contribution in [0.15, 0.2) is 71.5 Å². The fourth-order valence-electron chi connectivity index (χ4n) is 5.40. The van der Waals surface area contributed by atoms with Crippen LogP contribution in [0.1, 0.15) is 54.9 Å². The summed E-state index contributed by atoms with van der Waals surface area (Å²) in [5.74, 6) is 1.43. The molecule has 0 aliphatic heterocycles. The average Bonchev–Trinajstić information content (AvgIpc) is 3.48. The maximum atomic E-state index is 15.1. The summed E-state index contributed by atoms with van der Waals surface area (Å²) < 4.78 is 27.8. The first kappa shape index (κ1) is 29.9. The van der Waals surface area contributed by atoms with Gasteiger partial charge in [0.05, 0.1) is 25.3 Å². The monoisotopic (exact) mass is 584 g/mol. The van der Waals surface area contributed by atoms with Crippen LogP contribution in [0.2, 0.25) is 0 Å². The van der Waals surface area contributed by atoms with Crippen molar-refractivity contribution < 1.29 is 13.9 Å². The fraction of sp³-hybridized carbons (Fsp3) is 0.333. The Bertz CT molecular complexity index is 1790. The van der Waals surface area contributed by atoms with E-state index in [1.165, 1.54) is 6.07 Å². The van der Waals surface area contributed by atoms with E-state index in [4.69, 9.17) is 9.47 Å². The van der Waals surface area contributed by atoms with Crippen LogP contribution in [0.25, 0.3) is 10.9 Å². The lowest BCUT2D eigenvalue weighted by Crippen LogP contribution is -2.38. The van der Waals surface area contributed by atoms with Gasteiger partial charge in [-0.15, -0.1) is 5.10 Å². The van der Waals surface area contributed by atoms with Gasteiger partial charge in [0.1, 0.15) is 11.9 Å². The van der Waals surface area contributed by atoms with Crippen LogP contribution >= 0.6 is 0 Å². The number of hydrogen-bond donors (Lipinski definition) is 1. The molecule has 0 aliphatic rings. The van der Waals surface area contributed by atoms with E-state index >= 15 is 4.39 Å². The highest BCUT2D eigenvalue weighted by Gasteiger charge is 2.34. The number of halogens is 1. The number of para-hydroxylation sites is 1. The Morgan fingerprint density at radius 3 is 2.49 bits per heavy atom. The van der Waals surface area contributed by atoms with Gasteiger partial charge in [-0.1, -0.05) is 42.5 Å². The lowest BCUT2D eigenvalue weighted by atomic mass is 9.99. The summed E-state index contributed by atoms with van der Waals surface area (Å²) in [6.45, 7) is 8.64. The molecule has 0 bridgehead atoms. The molecule has 3 aromatic carbocycles. The molecule has 0 aliphatic carbocycles. The average molecular weight is 585 g/mol. The molecule has 5 rings (SSSR count). The first-order valence-electron chi connectivity index (χ1n) is 14.2. The number of nitrogens with zero attached hydrogens (tertiary/aromatic N) is 5. The molecule has 43 heavy (non-hydrogen) atoms. The van der Waals surface area contributed by atoms with Crippen LogP contribution in [0.5, 0.6) is 11.5 Å². The summed E-state index contributed by atoms with van der Waals surface area (Å²) in [4.78, 5) is 19.0. The lowest BCUT2D eigenvalue weighted by Gasteiger charge is -2.33. The number of aryl methyl sites for hydroxylation is 1. The molecule has 224 valence electrons. The number of fused-ring (bicyclic) bond motifs is 1. The smallest absolute Gasteiger partial charge is 0.253 e. The number of benzene rings is 3. The van der Waals surface area contributed by atoms with Gasteiger partial charge in [-0.25, -0.2) is 9.07 Å². The molecule has 1 N–H and O–H groups in total. The molecular weight excluding hydrogens is 547 g/mol. The van der Waals surface area contributed by atoms with Crippen LogP contribution in [-0.4, -0.2) is 50.9 Å². The van der Waals surface area contributed by atoms with Gasteiger partial charge < -0.3 is 14.5 Å². The third kappa shape index (κ3) is 6.29. The van der Waals surface area contributed by atoms with Crippen LogP contribution in [0.3, 0.4) is 0 Å². The number of tetrazole rings is 1. The van der Waals surface area contributed by atoms with Crippen LogP contribution in [0.4, 0.5) is 4.39 Å². The maximum Gasteiger partial charge on any atom is 0.253 e. The quantitative estimate of drug-likeness (QED) is 0.229. The zero-order valence-corrected chi connectivity index (χ0v) is 25.4. The maximum absolute atomic E-state index is 15.1. The largest absolute Gasteiger partial charge is 0.493 e. The van der Waals surface area contributed by atoms with Gasteiger partial charge in [0.2, 0.25) is 0 Å². The molecular formula is C33H37FN6O3. The molecule has 1 atom stereocenters. The lowest BCUT2D eigenvalue weighted by molar-refractivity contribution is 0.192. The Balaban J connectivity index is 1.68. The summed E-state index contributed by atoms with van der Waals surface area (Å²) in [6, 6.07) is 19.6. The highest BCUT2D eigenvalue weighted by molar-refractivity contribution is 5.82. The van der Waals surface area contributed by atoms with Gasteiger partial charge in [0.25, 0.3) is 5.56 Å². The Kier molecular flexibility index (Phi) is 8.59. The summed E-state index contributed by atoms with van der Waals surface area (Å²) in [7, 11) is 3.20. The van der Waals surface area contributed by atoms with E-state index in [1.807, 2.05) is 76.2 Å². The molecule has 0 unspecified atom stereocenters. The highest BCUT2D eigenvalue weighted by atomic mass is 19.1. The number of nitrogens with one attached hydrogen (secondary N) is 1. The number of rotatable bonds is 10. The van der Waals surface area contributed by atoms with Crippen molar-refractivity contribution in [2.24, 2.45) is 0 Å². The van der Waals surface area contributed by atoms with E-state index < -0.39 is 11.6 Å². The molecule has 0 fully saturated rings. The van der Waals surface area contributed by atoms with Crippen molar-refractivity contribution in [3.05, 3.63) is 111 Å². The summed E-state index contributed by atoms with van der Waals surface area (Å²) in [5.41, 5.74) is 2.98. The minimum atomic E-state index is -0.692. The number of H-pyrrole nitrogens is 1. The minimum Gasteiger partial charge on any atom is -0.493 e. The topological polar surface area (TPSA) is 98.2 Å². The van der Waals surface area contributed by atoms with E-state index in [9.17, 15) is 4.79 Å². The molecule has 0 saturated carbocycles. The zero-order chi connectivity index (χ0) is 30.7. The Morgan fingerprint density at radius 2 is 1.77 bits per heavy atom. The minimum absolute atomic E-state index is 0.215. The molecule has 2 aromatic heterocycles. The Labute approximate surface area is 250 Å². The summed E-state index contributed by atoms with van der Waals surface area (Å²) >= 11 is 0. The number of pyridine rings is 1. The van der Waals surface area contributed by atoms with Crippen molar-refractivity contribution in [1.29, 1.82) is 0 Å². The van der Waals surface area contributed by atoms with Gasteiger partial charge in [-0.05, 0) is 85.3 Å². The number of aromatic amines is 1. The molecule has 0 spiro atoms. The van der Waals surface area contributed by atoms with Crippen molar-refractivity contribution in [2.75, 3.05) is 20.8 Å².